The maximum Gasteiger partial charge on any atom is 0.131 e. The van der Waals surface area contributed by atoms with Gasteiger partial charge in [-0.25, -0.2) is 9.07 Å². The number of halogens is 1. The Morgan fingerprint density at radius 2 is 2.25 bits per heavy atom. The van der Waals surface area contributed by atoms with E-state index in [1.165, 1.54) is 23.5 Å². The lowest BCUT2D eigenvalue weighted by molar-refractivity contribution is 0.211. The Kier molecular flexibility index (Phi) is 3.50. The molecule has 1 N–H and O–H groups in total. The number of aliphatic hydroxyl groups excluding tert-OH is 1. The first-order valence-electron chi connectivity index (χ1n) is 6.44. The maximum absolute atomic E-state index is 13.2. The van der Waals surface area contributed by atoms with E-state index in [1.807, 2.05) is 13.0 Å². The van der Waals surface area contributed by atoms with Crippen molar-refractivity contribution in [2.75, 3.05) is 0 Å². The van der Waals surface area contributed by atoms with Gasteiger partial charge in [0.1, 0.15) is 11.9 Å². The molecule has 0 aliphatic rings. The van der Waals surface area contributed by atoms with Crippen molar-refractivity contribution in [1.82, 2.24) is 15.0 Å². The molecule has 0 spiro atoms. The molecule has 3 rings (SSSR count). The van der Waals surface area contributed by atoms with Gasteiger partial charge in [-0.15, -0.1) is 16.4 Å². The van der Waals surface area contributed by atoms with Gasteiger partial charge < -0.3 is 5.11 Å². The zero-order valence-electron chi connectivity index (χ0n) is 11.0. The first-order chi connectivity index (χ1) is 9.69. The number of rotatable bonds is 4. The fourth-order valence-corrected chi connectivity index (χ4v) is 3.26. The Balaban J connectivity index is 1.99. The van der Waals surface area contributed by atoms with Crippen LogP contribution in [-0.2, 0) is 6.54 Å². The molecule has 0 amide bonds. The lowest BCUT2D eigenvalue weighted by Gasteiger charge is -2.09. The van der Waals surface area contributed by atoms with E-state index in [0.717, 1.165) is 21.4 Å². The fourth-order valence-electron chi connectivity index (χ4n) is 2.17. The number of nitrogens with zero attached hydrogens (tertiary/aromatic N) is 3. The van der Waals surface area contributed by atoms with Crippen LogP contribution in [0.4, 0.5) is 4.39 Å². The van der Waals surface area contributed by atoms with Crippen molar-refractivity contribution in [3.63, 3.8) is 0 Å². The largest absolute Gasteiger partial charge is 0.381 e. The average molecular weight is 291 g/mol. The summed E-state index contributed by atoms with van der Waals surface area (Å²) < 4.78 is 15.7. The zero-order valence-corrected chi connectivity index (χ0v) is 11.8. The van der Waals surface area contributed by atoms with Crippen LogP contribution in [0, 0.1) is 5.82 Å². The van der Waals surface area contributed by atoms with Gasteiger partial charge in [0.05, 0.1) is 11.9 Å². The van der Waals surface area contributed by atoms with E-state index in [0.29, 0.717) is 12.2 Å². The van der Waals surface area contributed by atoms with Gasteiger partial charge in [-0.2, -0.15) is 0 Å². The Bertz CT molecular complexity index is 737. The van der Waals surface area contributed by atoms with Gasteiger partial charge in [-0.05, 0) is 30.0 Å². The molecule has 3 aromatic rings. The molecule has 104 valence electrons. The number of hydrogen-bond donors (Lipinski definition) is 1. The van der Waals surface area contributed by atoms with Crippen molar-refractivity contribution in [3.05, 3.63) is 46.9 Å². The average Bonchev–Trinajstić information content (AvgIpc) is 3.04. The summed E-state index contributed by atoms with van der Waals surface area (Å²) in [5.41, 5.74) is 0.666. The minimum absolute atomic E-state index is 0.266. The van der Waals surface area contributed by atoms with Crippen molar-refractivity contribution >= 4 is 21.4 Å². The lowest BCUT2D eigenvalue weighted by atomic mass is 10.2. The van der Waals surface area contributed by atoms with Crippen molar-refractivity contribution in [3.8, 4) is 0 Å². The summed E-state index contributed by atoms with van der Waals surface area (Å²) in [6, 6.07) is 6.51. The smallest absolute Gasteiger partial charge is 0.131 e. The van der Waals surface area contributed by atoms with Crippen LogP contribution in [0.15, 0.2) is 30.5 Å². The van der Waals surface area contributed by atoms with Crippen molar-refractivity contribution in [2.24, 2.45) is 0 Å². The van der Waals surface area contributed by atoms with Crippen LogP contribution in [0.3, 0.4) is 0 Å². The van der Waals surface area contributed by atoms with Crippen LogP contribution in [0.5, 0.6) is 0 Å². The zero-order chi connectivity index (χ0) is 14.1. The molecule has 20 heavy (non-hydrogen) atoms. The first kappa shape index (κ1) is 13.2. The number of aryl methyl sites for hydroxylation is 1. The Morgan fingerprint density at radius 3 is 3.05 bits per heavy atom. The molecule has 2 heterocycles. The van der Waals surface area contributed by atoms with Crippen molar-refractivity contribution < 1.29 is 9.50 Å². The van der Waals surface area contributed by atoms with Crippen LogP contribution in [-0.4, -0.2) is 20.1 Å². The van der Waals surface area contributed by atoms with Crippen molar-refractivity contribution in [2.45, 2.75) is 26.0 Å². The second-order valence-electron chi connectivity index (χ2n) is 4.62. The highest BCUT2D eigenvalue weighted by Crippen LogP contribution is 2.33. The predicted molar refractivity (Wildman–Crippen MR) is 76.2 cm³/mol. The van der Waals surface area contributed by atoms with Gasteiger partial charge in [0.25, 0.3) is 0 Å². The summed E-state index contributed by atoms with van der Waals surface area (Å²) in [7, 11) is 0. The minimum Gasteiger partial charge on any atom is -0.381 e. The van der Waals surface area contributed by atoms with Gasteiger partial charge >= 0.3 is 0 Å². The van der Waals surface area contributed by atoms with Gasteiger partial charge in [0.15, 0.2) is 0 Å². The summed E-state index contributed by atoms with van der Waals surface area (Å²) in [6.45, 7) is 2.76. The summed E-state index contributed by atoms with van der Waals surface area (Å²) in [4.78, 5) is 0.769. The summed E-state index contributed by atoms with van der Waals surface area (Å²) in [6.07, 6.45) is 1.71. The van der Waals surface area contributed by atoms with E-state index in [4.69, 9.17) is 0 Å². The summed E-state index contributed by atoms with van der Waals surface area (Å²) in [5.74, 6) is -0.266. The van der Waals surface area contributed by atoms with E-state index in [2.05, 4.69) is 10.3 Å². The second kappa shape index (κ2) is 5.30. The quantitative estimate of drug-likeness (QED) is 0.803. The normalized spacial score (nSPS) is 12.9. The van der Waals surface area contributed by atoms with Crippen LogP contribution < -0.4 is 0 Å². The van der Waals surface area contributed by atoms with Crippen LogP contribution in [0.2, 0.25) is 0 Å². The topological polar surface area (TPSA) is 50.9 Å². The van der Waals surface area contributed by atoms with Crippen LogP contribution in [0.25, 0.3) is 10.1 Å². The number of benzene rings is 1. The Labute approximate surface area is 119 Å². The fraction of sp³-hybridized carbons (Fsp3) is 0.286. The number of aliphatic hydroxyl groups is 1. The molecule has 2 aromatic heterocycles. The highest BCUT2D eigenvalue weighted by atomic mass is 32.1. The third-order valence-corrected chi connectivity index (χ3v) is 4.28. The number of thiophene rings is 1. The molecule has 4 nitrogen and oxygen atoms in total. The Hall–Kier alpha value is -1.79. The highest BCUT2D eigenvalue weighted by molar-refractivity contribution is 7.19. The van der Waals surface area contributed by atoms with Crippen molar-refractivity contribution in [1.29, 1.82) is 0 Å². The van der Waals surface area contributed by atoms with Gasteiger partial charge in [-0.3, -0.25) is 0 Å². The van der Waals surface area contributed by atoms with Crippen LogP contribution >= 0.6 is 11.3 Å². The maximum atomic E-state index is 13.2. The Morgan fingerprint density at radius 1 is 1.40 bits per heavy atom. The van der Waals surface area contributed by atoms with Gasteiger partial charge in [0, 0.05) is 16.1 Å². The number of hydrogen-bond acceptors (Lipinski definition) is 4. The third-order valence-electron chi connectivity index (χ3n) is 3.13. The van der Waals surface area contributed by atoms with E-state index < -0.39 is 6.10 Å². The van der Waals surface area contributed by atoms with E-state index >= 15 is 0 Å². The molecule has 0 saturated heterocycles. The molecule has 0 aliphatic heterocycles. The van der Waals surface area contributed by atoms with E-state index in [1.54, 1.807) is 16.9 Å². The predicted octanol–water partition coefficient (Wildman–Crippen LogP) is 3.12. The highest BCUT2D eigenvalue weighted by Gasteiger charge is 2.18. The molecule has 1 unspecified atom stereocenters. The second-order valence-corrected chi connectivity index (χ2v) is 5.73. The molecule has 6 heteroatoms. The third kappa shape index (κ3) is 2.32. The molecule has 0 radical (unpaired) electrons. The van der Waals surface area contributed by atoms with E-state index in [9.17, 15) is 9.50 Å². The SMILES string of the molecule is CCCn1nncc1C(O)c1cc2ccc(F)cc2s1. The lowest BCUT2D eigenvalue weighted by Crippen LogP contribution is -2.09. The van der Waals surface area contributed by atoms with Crippen LogP contribution in [0.1, 0.15) is 30.0 Å². The molecule has 1 atom stereocenters. The molecule has 0 bridgehead atoms. The standard InChI is InChI=1S/C14H14FN3OS/c1-2-5-18-11(8-16-17-18)14(19)13-6-9-3-4-10(15)7-12(9)20-13/h3-4,6-8,14,19H,2,5H2,1H3. The van der Waals surface area contributed by atoms with Gasteiger partial charge in [-0.1, -0.05) is 18.2 Å². The summed E-state index contributed by atoms with van der Waals surface area (Å²) >= 11 is 1.39. The summed E-state index contributed by atoms with van der Waals surface area (Å²) in [5, 5.41) is 19.2. The molecular formula is C14H14FN3OS. The molecular weight excluding hydrogens is 277 g/mol. The monoisotopic (exact) mass is 291 g/mol. The number of fused-ring (bicyclic) bond motifs is 1. The first-order valence-corrected chi connectivity index (χ1v) is 7.26. The molecule has 0 fully saturated rings. The molecule has 0 aliphatic carbocycles. The number of aromatic nitrogens is 3. The minimum atomic E-state index is -0.781. The van der Waals surface area contributed by atoms with E-state index in [-0.39, 0.29) is 5.82 Å². The van der Waals surface area contributed by atoms with Gasteiger partial charge in [0.2, 0.25) is 0 Å². The molecule has 1 aromatic carbocycles. The molecule has 0 saturated carbocycles.